The van der Waals surface area contributed by atoms with Crippen LogP contribution in [0.5, 0.6) is 0 Å². The molecule has 48 heavy (non-hydrogen) atoms. The van der Waals surface area contributed by atoms with Crippen molar-refractivity contribution in [2.45, 2.75) is 12.3 Å². The Balaban J connectivity index is 1.59. The summed E-state index contributed by atoms with van der Waals surface area (Å²) in [6, 6.07) is 49.4. The first-order chi connectivity index (χ1) is 23.7. The Bertz CT molecular complexity index is 2270. The number of nitrogens with zero attached hydrogens (tertiary/aromatic N) is 4. The van der Waals surface area contributed by atoms with Gasteiger partial charge in [0.15, 0.2) is 5.82 Å². The van der Waals surface area contributed by atoms with Crippen LogP contribution >= 0.6 is 23.2 Å². The molecule has 1 aliphatic rings. The Hall–Kier alpha value is -5.42. The molecule has 0 radical (unpaired) electrons. The lowest BCUT2D eigenvalue weighted by molar-refractivity contribution is 0.601. The first-order valence-corrected chi connectivity index (χ1v) is 16.7. The Morgan fingerprint density at radius 3 is 1.54 bits per heavy atom. The van der Waals surface area contributed by atoms with Gasteiger partial charge >= 0.3 is 0 Å². The molecule has 232 valence electrons. The standard InChI is InChI=1S/C42H30Cl2N4/c43-35-27-15-13-25-33(35)41-45-37(29-17-5-1-6-18-29)39(31-21-9-3-10-22-31)47(41)48-40(32-23-11-4-12-24-32)38(30-19-7-2-8-20-30)46-42(48)34-26-14-16-28-36(34)44/h1-25,27-28,34H,26H2. The fourth-order valence-corrected chi connectivity index (χ4v) is 6.90. The van der Waals surface area contributed by atoms with Gasteiger partial charge in [0.2, 0.25) is 0 Å². The molecule has 8 rings (SSSR count). The third kappa shape index (κ3) is 5.39. The SMILES string of the molecule is ClC1=CC=CCC1c1nc(-c2ccccc2)c(-c2ccccc2)n1-n1c(-c2ccccc2Cl)nc(-c2ccccc2)c1-c1ccccc1. The highest BCUT2D eigenvalue weighted by Gasteiger charge is 2.33. The van der Waals surface area contributed by atoms with Gasteiger partial charge in [0, 0.05) is 32.8 Å². The van der Waals surface area contributed by atoms with Crippen LogP contribution in [0.1, 0.15) is 18.2 Å². The zero-order valence-electron chi connectivity index (χ0n) is 25.9. The van der Waals surface area contributed by atoms with Crippen molar-refractivity contribution >= 4 is 23.2 Å². The van der Waals surface area contributed by atoms with E-state index in [1.165, 1.54) is 0 Å². The van der Waals surface area contributed by atoms with Gasteiger partial charge in [-0.25, -0.2) is 19.3 Å². The fraction of sp³-hybridized carbons (Fsp3) is 0.0476. The third-order valence-electron chi connectivity index (χ3n) is 8.65. The number of benzene rings is 5. The van der Waals surface area contributed by atoms with Crippen LogP contribution in [0.2, 0.25) is 5.02 Å². The molecule has 1 atom stereocenters. The average Bonchev–Trinajstić information content (AvgIpc) is 3.73. The van der Waals surface area contributed by atoms with Crippen LogP contribution in [0.3, 0.4) is 0 Å². The topological polar surface area (TPSA) is 35.6 Å². The van der Waals surface area contributed by atoms with Gasteiger partial charge in [0.1, 0.15) is 5.82 Å². The number of halogens is 2. The van der Waals surface area contributed by atoms with Crippen molar-refractivity contribution in [3.63, 3.8) is 0 Å². The normalized spacial score (nSPS) is 14.2. The number of allylic oxidation sites excluding steroid dienone is 4. The maximum Gasteiger partial charge on any atom is 0.162 e. The van der Waals surface area contributed by atoms with E-state index in [-0.39, 0.29) is 5.92 Å². The van der Waals surface area contributed by atoms with Gasteiger partial charge in [-0.1, -0.05) is 169 Å². The molecule has 1 aliphatic carbocycles. The molecular formula is C42H30Cl2N4. The highest BCUT2D eigenvalue weighted by molar-refractivity contribution is 6.33. The highest BCUT2D eigenvalue weighted by atomic mass is 35.5. The number of hydrogen-bond acceptors (Lipinski definition) is 2. The van der Waals surface area contributed by atoms with Crippen LogP contribution in [0.15, 0.2) is 169 Å². The lowest BCUT2D eigenvalue weighted by atomic mass is 10.00. The second-order valence-electron chi connectivity index (χ2n) is 11.6. The summed E-state index contributed by atoms with van der Waals surface area (Å²) >= 11 is 14.1. The Labute approximate surface area is 289 Å². The Kier molecular flexibility index (Phi) is 8.11. The van der Waals surface area contributed by atoms with E-state index in [2.05, 4.69) is 88.2 Å². The number of aromatic nitrogens is 4. The molecule has 0 saturated heterocycles. The molecule has 0 aliphatic heterocycles. The molecule has 0 saturated carbocycles. The number of rotatable bonds is 7. The predicted octanol–water partition coefficient (Wildman–Crippen LogP) is 11.5. The first-order valence-electron chi connectivity index (χ1n) is 15.9. The molecule has 2 aromatic heterocycles. The van der Waals surface area contributed by atoms with Crippen LogP contribution in [0, 0.1) is 0 Å². The smallest absolute Gasteiger partial charge is 0.162 e. The van der Waals surface area contributed by atoms with E-state index in [9.17, 15) is 0 Å². The molecule has 0 amide bonds. The van der Waals surface area contributed by atoms with Crippen LogP contribution in [-0.4, -0.2) is 19.3 Å². The highest BCUT2D eigenvalue weighted by Crippen LogP contribution is 2.44. The van der Waals surface area contributed by atoms with Crippen LogP contribution in [0.25, 0.3) is 56.4 Å². The molecule has 0 N–H and O–H groups in total. The van der Waals surface area contributed by atoms with E-state index >= 15 is 0 Å². The van der Waals surface area contributed by atoms with Crippen molar-refractivity contribution in [3.05, 3.63) is 180 Å². The molecule has 6 heteroatoms. The van der Waals surface area contributed by atoms with Crippen molar-refractivity contribution in [2.75, 3.05) is 0 Å². The lowest BCUT2D eigenvalue weighted by Crippen LogP contribution is -2.20. The van der Waals surface area contributed by atoms with Crippen LogP contribution in [0.4, 0.5) is 0 Å². The fourth-order valence-electron chi connectivity index (χ4n) is 6.42. The molecule has 0 spiro atoms. The van der Waals surface area contributed by atoms with Gasteiger partial charge in [0.25, 0.3) is 0 Å². The van der Waals surface area contributed by atoms with E-state index in [1.54, 1.807) is 0 Å². The second-order valence-corrected chi connectivity index (χ2v) is 12.5. The molecule has 1 unspecified atom stereocenters. The van der Waals surface area contributed by atoms with Gasteiger partial charge in [0.05, 0.1) is 33.7 Å². The maximum atomic E-state index is 7.08. The molecule has 0 fully saturated rings. The molecular weight excluding hydrogens is 631 g/mol. The molecule has 7 aromatic rings. The van der Waals surface area contributed by atoms with E-state index in [1.807, 2.05) is 84.9 Å². The summed E-state index contributed by atoms with van der Waals surface area (Å²) in [7, 11) is 0. The summed E-state index contributed by atoms with van der Waals surface area (Å²) < 4.78 is 4.44. The van der Waals surface area contributed by atoms with Crippen LogP contribution < -0.4 is 0 Å². The van der Waals surface area contributed by atoms with Crippen molar-refractivity contribution in [1.29, 1.82) is 0 Å². The third-order valence-corrected chi connectivity index (χ3v) is 9.36. The van der Waals surface area contributed by atoms with E-state index in [0.29, 0.717) is 17.3 Å². The minimum atomic E-state index is -0.193. The summed E-state index contributed by atoms with van der Waals surface area (Å²) in [5.41, 5.74) is 8.37. The first kappa shape index (κ1) is 29.9. The molecule has 0 bridgehead atoms. The van der Waals surface area contributed by atoms with E-state index < -0.39 is 0 Å². The quantitative estimate of drug-likeness (QED) is 0.170. The second kappa shape index (κ2) is 13.0. The van der Waals surface area contributed by atoms with Gasteiger partial charge in [-0.3, -0.25) is 0 Å². The monoisotopic (exact) mass is 660 g/mol. The molecule has 5 aromatic carbocycles. The minimum absolute atomic E-state index is 0.193. The summed E-state index contributed by atoms with van der Waals surface area (Å²) in [5.74, 6) is 1.31. The zero-order chi connectivity index (χ0) is 32.5. The number of imidazole rings is 2. The van der Waals surface area contributed by atoms with E-state index in [0.717, 1.165) is 61.4 Å². The average molecular weight is 662 g/mol. The van der Waals surface area contributed by atoms with Gasteiger partial charge in [-0.15, -0.1) is 0 Å². The molecule has 2 heterocycles. The summed E-state index contributed by atoms with van der Waals surface area (Å²) in [6.45, 7) is 0. The summed E-state index contributed by atoms with van der Waals surface area (Å²) in [5, 5.41) is 1.33. The largest absolute Gasteiger partial charge is 0.230 e. The Morgan fingerprint density at radius 2 is 1.00 bits per heavy atom. The zero-order valence-corrected chi connectivity index (χ0v) is 27.4. The minimum Gasteiger partial charge on any atom is -0.230 e. The van der Waals surface area contributed by atoms with Crippen molar-refractivity contribution in [2.24, 2.45) is 0 Å². The predicted molar refractivity (Wildman–Crippen MR) is 198 cm³/mol. The van der Waals surface area contributed by atoms with Gasteiger partial charge in [-0.2, -0.15) is 0 Å². The Morgan fingerprint density at radius 1 is 0.521 bits per heavy atom. The maximum absolute atomic E-state index is 7.08. The summed E-state index contributed by atoms with van der Waals surface area (Å²) in [6.07, 6.45) is 6.83. The van der Waals surface area contributed by atoms with Gasteiger partial charge < -0.3 is 0 Å². The van der Waals surface area contributed by atoms with Crippen molar-refractivity contribution in [3.8, 4) is 56.4 Å². The lowest BCUT2D eigenvalue weighted by Gasteiger charge is -2.24. The molecule has 4 nitrogen and oxygen atoms in total. The van der Waals surface area contributed by atoms with Gasteiger partial charge in [-0.05, 0) is 24.6 Å². The van der Waals surface area contributed by atoms with Crippen LogP contribution in [-0.2, 0) is 0 Å². The van der Waals surface area contributed by atoms with Crippen molar-refractivity contribution < 1.29 is 0 Å². The van der Waals surface area contributed by atoms with Crippen molar-refractivity contribution in [1.82, 2.24) is 19.3 Å². The number of hydrogen-bond donors (Lipinski definition) is 0. The van der Waals surface area contributed by atoms with E-state index in [4.69, 9.17) is 33.2 Å². The summed E-state index contributed by atoms with van der Waals surface area (Å²) in [4.78, 5) is 11.0.